The van der Waals surface area contributed by atoms with Crippen LogP contribution in [-0.4, -0.2) is 19.8 Å². The second-order valence-corrected chi connectivity index (χ2v) is 4.27. The molecule has 0 saturated heterocycles. The zero-order valence-electron chi connectivity index (χ0n) is 12.2. The number of allylic oxidation sites excluding steroid dienone is 1. The summed E-state index contributed by atoms with van der Waals surface area (Å²) in [5.41, 5.74) is 1.22. The van der Waals surface area contributed by atoms with Crippen LogP contribution in [0.25, 0.3) is 0 Å². The van der Waals surface area contributed by atoms with Crippen molar-refractivity contribution in [3.8, 4) is 11.5 Å². The molecule has 19 heavy (non-hydrogen) atoms. The van der Waals surface area contributed by atoms with Gasteiger partial charge in [-0.25, -0.2) is 0 Å². The van der Waals surface area contributed by atoms with Crippen molar-refractivity contribution >= 4 is 0 Å². The zero-order valence-corrected chi connectivity index (χ0v) is 12.2. The minimum absolute atomic E-state index is 0.573. The summed E-state index contributed by atoms with van der Waals surface area (Å²) in [5.74, 6) is 1.63. The van der Waals surface area contributed by atoms with Gasteiger partial charge >= 0.3 is 0 Å². The summed E-state index contributed by atoms with van der Waals surface area (Å²) >= 11 is 0. The SMILES string of the molecule is C/C=C/COc1ccc(CNCCC)cc1OCC. The van der Waals surface area contributed by atoms with Gasteiger partial charge in [-0.15, -0.1) is 0 Å². The summed E-state index contributed by atoms with van der Waals surface area (Å²) in [6.45, 7) is 9.24. The van der Waals surface area contributed by atoms with Crippen LogP contribution in [0.2, 0.25) is 0 Å². The van der Waals surface area contributed by atoms with Gasteiger partial charge in [-0.05, 0) is 44.5 Å². The Balaban J connectivity index is 2.69. The molecular formula is C16H25NO2. The molecule has 3 nitrogen and oxygen atoms in total. The van der Waals surface area contributed by atoms with Gasteiger partial charge in [-0.2, -0.15) is 0 Å². The molecule has 1 N–H and O–H groups in total. The molecule has 106 valence electrons. The third-order valence-corrected chi connectivity index (χ3v) is 2.63. The van der Waals surface area contributed by atoms with E-state index in [1.54, 1.807) is 0 Å². The molecule has 0 saturated carbocycles. The Kier molecular flexibility index (Phi) is 7.75. The normalized spacial score (nSPS) is 10.9. The van der Waals surface area contributed by atoms with Gasteiger partial charge in [-0.1, -0.05) is 25.1 Å². The molecular weight excluding hydrogens is 238 g/mol. The van der Waals surface area contributed by atoms with E-state index >= 15 is 0 Å². The maximum atomic E-state index is 5.68. The molecule has 3 heteroatoms. The van der Waals surface area contributed by atoms with Crippen molar-refractivity contribution in [2.24, 2.45) is 0 Å². The number of ether oxygens (including phenoxy) is 2. The number of rotatable bonds is 9. The summed E-state index contributed by atoms with van der Waals surface area (Å²) in [6.07, 6.45) is 5.10. The molecule has 0 unspecified atom stereocenters. The minimum atomic E-state index is 0.573. The molecule has 1 rings (SSSR count). The lowest BCUT2D eigenvalue weighted by Crippen LogP contribution is -2.13. The summed E-state index contributed by atoms with van der Waals surface area (Å²) in [4.78, 5) is 0. The van der Waals surface area contributed by atoms with Crippen LogP contribution >= 0.6 is 0 Å². The predicted octanol–water partition coefficient (Wildman–Crippen LogP) is 3.54. The second-order valence-electron chi connectivity index (χ2n) is 4.27. The van der Waals surface area contributed by atoms with E-state index in [0.717, 1.165) is 31.0 Å². The van der Waals surface area contributed by atoms with Crippen LogP contribution in [0, 0.1) is 0 Å². The van der Waals surface area contributed by atoms with Crippen molar-refractivity contribution in [2.45, 2.75) is 33.7 Å². The Labute approximate surface area is 116 Å². The fourth-order valence-corrected chi connectivity index (χ4v) is 1.69. The summed E-state index contributed by atoms with van der Waals surface area (Å²) in [5, 5.41) is 3.38. The summed E-state index contributed by atoms with van der Waals surface area (Å²) in [7, 11) is 0. The van der Waals surface area contributed by atoms with Crippen LogP contribution < -0.4 is 14.8 Å². The molecule has 1 aromatic rings. The van der Waals surface area contributed by atoms with Crippen LogP contribution in [0.15, 0.2) is 30.4 Å². The fraction of sp³-hybridized carbons (Fsp3) is 0.500. The average molecular weight is 263 g/mol. The van der Waals surface area contributed by atoms with Crippen molar-refractivity contribution in [1.82, 2.24) is 5.32 Å². The van der Waals surface area contributed by atoms with Crippen LogP contribution in [0.5, 0.6) is 11.5 Å². The van der Waals surface area contributed by atoms with Crippen molar-refractivity contribution in [3.63, 3.8) is 0 Å². The maximum absolute atomic E-state index is 5.68. The Morgan fingerprint density at radius 2 is 2.00 bits per heavy atom. The zero-order chi connectivity index (χ0) is 13.9. The van der Waals surface area contributed by atoms with Gasteiger partial charge in [0.2, 0.25) is 0 Å². The van der Waals surface area contributed by atoms with Crippen molar-refractivity contribution in [2.75, 3.05) is 19.8 Å². The first-order valence-corrected chi connectivity index (χ1v) is 7.02. The third-order valence-electron chi connectivity index (χ3n) is 2.63. The summed E-state index contributed by atoms with van der Waals surface area (Å²) < 4.78 is 11.3. The average Bonchev–Trinajstić information content (AvgIpc) is 2.42. The van der Waals surface area contributed by atoms with Gasteiger partial charge in [0.25, 0.3) is 0 Å². The van der Waals surface area contributed by atoms with E-state index in [2.05, 4.69) is 24.4 Å². The fourth-order valence-electron chi connectivity index (χ4n) is 1.69. The lowest BCUT2D eigenvalue weighted by molar-refractivity contribution is 0.296. The van der Waals surface area contributed by atoms with Gasteiger partial charge in [0.05, 0.1) is 6.61 Å². The Morgan fingerprint density at radius 3 is 2.68 bits per heavy atom. The van der Waals surface area contributed by atoms with E-state index in [0.29, 0.717) is 13.2 Å². The Hall–Kier alpha value is -1.48. The first-order valence-electron chi connectivity index (χ1n) is 7.02. The molecule has 0 radical (unpaired) electrons. The largest absolute Gasteiger partial charge is 0.490 e. The first-order chi connectivity index (χ1) is 9.31. The first kappa shape index (κ1) is 15.6. The lowest BCUT2D eigenvalue weighted by Gasteiger charge is -2.12. The van der Waals surface area contributed by atoms with Gasteiger partial charge < -0.3 is 14.8 Å². The van der Waals surface area contributed by atoms with Crippen LogP contribution in [-0.2, 0) is 6.54 Å². The third kappa shape index (κ3) is 5.79. The van der Waals surface area contributed by atoms with Crippen LogP contribution in [0.3, 0.4) is 0 Å². The van der Waals surface area contributed by atoms with Gasteiger partial charge in [0.1, 0.15) is 6.61 Å². The maximum Gasteiger partial charge on any atom is 0.161 e. The van der Waals surface area contributed by atoms with Gasteiger partial charge in [0.15, 0.2) is 11.5 Å². The van der Waals surface area contributed by atoms with E-state index < -0.39 is 0 Å². The second kappa shape index (κ2) is 9.45. The number of hydrogen-bond donors (Lipinski definition) is 1. The van der Waals surface area contributed by atoms with Crippen LogP contribution in [0.4, 0.5) is 0 Å². The summed E-state index contributed by atoms with van der Waals surface area (Å²) in [6, 6.07) is 6.12. The van der Waals surface area contributed by atoms with E-state index in [1.807, 2.05) is 32.1 Å². The van der Waals surface area contributed by atoms with E-state index in [4.69, 9.17) is 9.47 Å². The molecule has 0 aliphatic heterocycles. The highest BCUT2D eigenvalue weighted by Gasteiger charge is 2.05. The lowest BCUT2D eigenvalue weighted by atomic mass is 10.2. The number of nitrogens with one attached hydrogen (secondary N) is 1. The number of hydrogen-bond acceptors (Lipinski definition) is 3. The quantitative estimate of drug-likeness (QED) is 0.546. The van der Waals surface area contributed by atoms with Crippen molar-refractivity contribution < 1.29 is 9.47 Å². The van der Waals surface area contributed by atoms with E-state index in [1.165, 1.54) is 5.56 Å². The number of benzene rings is 1. The molecule has 0 aliphatic rings. The highest BCUT2D eigenvalue weighted by atomic mass is 16.5. The van der Waals surface area contributed by atoms with Crippen LogP contribution in [0.1, 0.15) is 32.8 Å². The molecule has 0 atom stereocenters. The van der Waals surface area contributed by atoms with Crippen molar-refractivity contribution in [3.05, 3.63) is 35.9 Å². The molecule has 1 aromatic carbocycles. The van der Waals surface area contributed by atoms with Gasteiger partial charge in [-0.3, -0.25) is 0 Å². The Bertz CT molecular complexity index is 388. The van der Waals surface area contributed by atoms with Crippen molar-refractivity contribution in [1.29, 1.82) is 0 Å². The predicted molar refractivity (Wildman–Crippen MR) is 79.9 cm³/mol. The molecule has 0 spiro atoms. The standard InChI is InChI=1S/C16H25NO2/c1-4-7-11-19-15-9-8-14(13-17-10-5-2)12-16(15)18-6-3/h4,7-9,12,17H,5-6,10-11,13H2,1-3H3/b7-4+. The Morgan fingerprint density at radius 1 is 1.16 bits per heavy atom. The molecule has 0 amide bonds. The molecule has 0 aromatic heterocycles. The monoisotopic (exact) mass is 263 g/mol. The molecule has 0 fully saturated rings. The van der Waals surface area contributed by atoms with E-state index in [-0.39, 0.29) is 0 Å². The topological polar surface area (TPSA) is 30.5 Å². The molecule has 0 bridgehead atoms. The minimum Gasteiger partial charge on any atom is -0.490 e. The molecule has 0 aliphatic carbocycles. The highest BCUT2D eigenvalue weighted by Crippen LogP contribution is 2.28. The van der Waals surface area contributed by atoms with E-state index in [9.17, 15) is 0 Å². The molecule has 0 heterocycles. The van der Waals surface area contributed by atoms with Gasteiger partial charge in [0, 0.05) is 6.54 Å². The highest BCUT2D eigenvalue weighted by molar-refractivity contribution is 5.43. The smallest absolute Gasteiger partial charge is 0.161 e.